The molecule has 0 amide bonds. The Balaban J connectivity index is 0.00000187. The second-order valence-corrected chi connectivity index (χ2v) is 8.69. The van der Waals surface area contributed by atoms with E-state index < -0.39 is 0 Å². The van der Waals surface area contributed by atoms with Gasteiger partial charge in [0.1, 0.15) is 5.69 Å². The van der Waals surface area contributed by atoms with E-state index in [9.17, 15) is 0 Å². The van der Waals surface area contributed by atoms with Crippen molar-refractivity contribution in [3.05, 3.63) is 88.2 Å². The first-order valence-electron chi connectivity index (χ1n) is 11.9. The molecule has 1 aromatic heterocycles. The van der Waals surface area contributed by atoms with Crippen molar-refractivity contribution in [3.8, 4) is 0 Å². The van der Waals surface area contributed by atoms with Gasteiger partial charge in [0.2, 0.25) is 0 Å². The highest BCUT2D eigenvalue weighted by Gasteiger charge is 2.09. The molecule has 5 heteroatoms. The Morgan fingerprint density at radius 3 is 2.12 bits per heavy atom. The van der Waals surface area contributed by atoms with E-state index in [0.717, 1.165) is 36.7 Å². The summed E-state index contributed by atoms with van der Waals surface area (Å²) in [6, 6.07) is 20.2. The highest BCUT2D eigenvalue weighted by molar-refractivity contribution is 5.97. The lowest BCUT2D eigenvalue weighted by Crippen LogP contribution is -2.29. The summed E-state index contributed by atoms with van der Waals surface area (Å²) in [6.45, 7) is 16.5. The van der Waals surface area contributed by atoms with E-state index in [1.165, 1.54) is 29.3 Å². The maximum Gasteiger partial charge on any atom is 0.106 e. The van der Waals surface area contributed by atoms with Crippen molar-refractivity contribution in [2.24, 2.45) is 10.7 Å². The molecule has 0 saturated heterocycles. The molecule has 0 aliphatic heterocycles. The molecule has 5 nitrogen and oxygen atoms in total. The Bertz CT molecular complexity index is 998. The van der Waals surface area contributed by atoms with Crippen molar-refractivity contribution >= 4 is 5.71 Å². The lowest BCUT2D eigenvalue weighted by atomic mass is 10.1. The molecule has 3 aromatic rings. The van der Waals surface area contributed by atoms with Gasteiger partial charge in [-0.2, -0.15) is 5.10 Å². The first-order chi connectivity index (χ1) is 15.9. The molecule has 1 heterocycles. The number of hydrogen-bond donors (Lipinski definition) is 1. The number of nitrogens with zero attached hydrogens (tertiary/aromatic N) is 4. The summed E-state index contributed by atoms with van der Waals surface area (Å²) >= 11 is 0. The molecule has 0 saturated carbocycles. The predicted molar refractivity (Wildman–Crippen MR) is 141 cm³/mol. The first-order valence-corrected chi connectivity index (χ1v) is 11.9. The second kappa shape index (κ2) is 13.1. The number of aliphatic imine (C=N–C) groups is 1. The van der Waals surface area contributed by atoms with Gasteiger partial charge in [-0.15, -0.1) is 0 Å². The Kier molecular flexibility index (Phi) is 10.5. The Labute approximate surface area is 200 Å². The summed E-state index contributed by atoms with van der Waals surface area (Å²) in [6.07, 6.45) is 0. The SMILES string of the molecule is CCN(Cc1ccc(CN=C(C)c2cc(C)n(Cc3ccc(C)cc3)n2)cc1)C(C)C.CN. The van der Waals surface area contributed by atoms with Crippen molar-refractivity contribution in [2.45, 2.75) is 67.2 Å². The van der Waals surface area contributed by atoms with Gasteiger partial charge in [0.15, 0.2) is 0 Å². The van der Waals surface area contributed by atoms with E-state index in [4.69, 9.17) is 10.1 Å². The van der Waals surface area contributed by atoms with E-state index in [2.05, 4.69) is 105 Å². The van der Waals surface area contributed by atoms with Crippen molar-refractivity contribution in [2.75, 3.05) is 13.6 Å². The van der Waals surface area contributed by atoms with Gasteiger partial charge in [0, 0.05) is 18.3 Å². The van der Waals surface area contributed by atoms with Gasteiger partial charge < -0.3 is 5.73 Å². The minimum atomic E-state index is 0.561. The van der Waals surface area contributed by atoms with E-state index in [1.54, 1.807) is 0 Å². The number of rotatable bonds is 9. The number of benzene rings is 2. The minimum absolute atomic E-state index is 0.561. The molecule has 0 bridgehead atoms. The van der Waals surface area contributed by atoms with Gasteiger partial charge in [-0.3, -0.25) is 14.6 Å². The first kappa shape index (κ1) is 26.5. The summed E-state index contributed by atoms with van der Waals surface area (Å²) in [4.78, 5) is 7.27. The van der Waals surface area contributed by atoms with Crippen LogP contribution >= 0.6 is 0 Å². The van der Waals surface area contributed by atoms with Gasteiger partial charge in [-0.1, -0.05) is 61.0 Å². The van der Waals surface area contributed by atoms with Crippen LogP contribution in [0.15, 0.2) is 59.6 Å². The summed E-state index contributed by atoms with van der Waals surface area (Å²) in [5.41, 5.74) is 12.7. The fourth-order valence-corrected chi connectivity index (χ4v) is 3.65. The topological polar surface area (TPSA) is 59.4 Å². The molecule has 3 rings (SSSR count). The molecule has 0 atom stereocenters. The van der Waals surface area contributed by atoms with Gasteiger partial charge in [0.25, 0.3) is 0 Å². The smallest absolute Gasteiger partial charge is 0.106 e. The van der Waals surface area contributed by atoms with Crippen LogP contribution in [0.25, 0.3) is 0 Å². The highest BCUT2D eigenvalue weighted by atomic mass is 15.3. The zero-order chi connectivity index (χ0) is 24.4. The highest BCUT2D eigenvalue weighted by Crippen LogP contribution is 2.13. The summed E-state index contributed by atoms with van der Waals surface area (Å²) in [7, 11) is 1.50. The van der Waals surface area contributed by atoms with Crippen LogP contribution in [-0.2, 0) is 19.6 Å². The van der Waals surface area contributed by atoms with Crippen LogP contribution in [0.1, 0.15) is 61.3 Å². The number of nitrogens with two attached hydrogens (primary N) is 1. The molecule has 0 aliphatic rings. The largest absolute Gasteiger partial charge is 0.333 e. The normalized spacial score (nSPS) is 11.6. The lowest BCUT2D eigenvalue weighted by molar-refractivity contribution is 0.225. The molecule has 178 valence electrons. The van der Waals surface area contributed by atoms with Crippen LogP contribution in [0.3, 0.4) is 0 Å². The molecule has 2 N–H and O–H groups in total. The number of aromatic nitrogens is 2. The van der Waals surface area contributed by atoms with Crippen molar-refractivity contribution in [1.29, 1.82) is 0 Å². The van der Waals surface area contributed by atoms with E-state index in [1.807, 2.05) is 6.92 Å². The fraction of sp³-hybridized carbons (Fsp3) is 0.429. The molecule has 0 unspecified atom stereocenters. The van der Waals surface area contributed by atoms with E-state index in [0.29, 0.717) is 12.6 Å². The van der Waals surface area contributed by atoms with Gasteiger partial charge in [0.05, 0.1) is 18.8 Å². The van der Waals surface area contributed by atoms with Crippen LogP contribution < -0.4 is 5.73 Å². The molecular weight excluding hydrogens is 406 g/mol. The maximum atomic E-state index is 4.80. The lowest BCUT2D eigenvalue weighted by Gasteiger charge is -2.24. The molecule has 0 aliphatic carbocycles. The Morgan fingerprint density at radius 1 is 0.970 bits per heavy atom. The van der Waals surface area contributed by atoms with Crippen LogP contribution in [0, 0.1) is 13.8 Å². The summed E-state index contributed by atoms with van der Waals surface area (Å²) in [5.74, 6) is 0. The van der Waals surface area contributed by atoms with Crippen LogP contribution in [0.4, 0.5) is 0 Å². The average Bonchev–Trinajstić information content (AvgIpc) is 3.19. The zero-order valence-corrected chi connectivity index (χ0v) is 21.5. The van der Waals surface area contributed by atoms with E-state index in [-0.39, 0.29) is 0 Å². The molecule has 0 spiro atoms. The predicted octanol–water partition coefficient (Wildman–Crippen LogP) is 5.36. The van der Waals surface area contributed by atoms with Gasteiger partial charge in [-0.05, 0) is 71.0 Å². The summed E-state index contributed by atoms with van der Waals surface area (Å²) in [5, 5.41) is 4.79. The average molecular weight is 448 g/mol. The molecule has 2 aromatic carbocycles. The monoisotopic (exact) mass is 447 g/mol. The third-order valence-corrected chi connectivity index (χ3v) is 5.85. The van der Waals surface area contributed by atoms with Crippen LogP contribution in [0.5, 0.6) is 0 Å². The standard InChI is InChI=1S/C27H36N4.CH5N/c1-7-30(20(2)3)18-25-14-12-24(13-15-25)17-28-23(6)27-16-22(5)31(29-27)19-26-10-8-21(4)9-11-26;1-2/h8-16,20H,7,17-19H2,1-6H3;2H2,1H3. The summed E-state index contributed by atoms with van der Waals surface area (Å²) < 4.78 is 2.06. The molecule has 0 fully saturated rings. The van der Waals surface area contributed by atoms with Gasteiger partial charge in [-0.25, -0.2) is 0 Å². The van der Waals surface area contributed by atoms with Crippen LogP contribution in [-0.4, -0.2) is 40.0 Å². The zero-order valence-electron chi connectivity index (χ0n) is 21.5. The Morgan fingerprint density at radius 2 is 1.55 bits per heavy atom. The number of hydrogen-bond acceptors (Lipinski definition) is 4. The van der Waals surface area contributed by atoms with Crippen molar-refractivity contribution < 1.29 is 0 Å². The fourth-order valence-electron chi connectivity index (χ4n) is 3.65. The minimum Gasteiger partial charge on any atom is -0.333 e. The molecule has 33 heavy (non-hydrogen) atoms. The third kappa shape index (κ3) is 7.95. The Hall–Kier alpha value is -2.76. The maximum absolute atomic E-state index is 4.80. The van der Waals surface area contributed by atoms with Crippen molar-refractivity contribution in [1.82, 2.24) is 14.7 Å². The van der Waals surface area contributed by atoms with Crippen molar-refractivity contribution in [3.63, 3.8) is 0 Å². The van der Waals surface area contributed by atoms with Gasteiger partial charge >= 0.3 is 0 Å². The van der Waals surface area contributed by atoms with E-state index >= 15 is 0 Å². The number of aryl methyl sites for hydroxylation is 2. The third-order valence-electron chi connectivity index (χ3n) is 5.85. The van der Waals surface area contributed by atoms with Crippen LogP contribution in [0.2, 0.25) is 0 Å². The second-order valence-electron chi connectivity index (χ2n) is 8.69. The molecule has 0 radical (unpaired) electrons. The quantitative estimate of drug-likeness (QED) is 0.449. The molecular formula is C28H41N5.